The number of benzene rings is 1. The van der Waals surface area contributed by atoms with E-state index in [1.807, 2.05) is 48.3 Å². The number of aromatic nitrogens is 3. The molecule has 1 fully saturated rings. The van der Waals surface area contributed by atoms with Gasteiger partial charge in [0.2, 0.25) is 0 Å². The Labute approximate surface area is 171 Å². The topological polar surface area (TPSA) is 62.5 Å². The highest BCUT2D eigenvalue weighted by Gasteiger charge is 2.26. The maximum Gasteiger partial charge on any atom is 0.259 e. The van der Waals surface area contributed by atoms with Crippen molar-refractivity contribution in [2.24, 2.45) is 5.92 Å². The van der Waals surface area contributed by atoms with E-state index in [1.54, 1.807) is 16.9 Å². The third-order valence-electron chi connectivity index (χ3n) is 5.41. The van der Waals surface area contributed by atoms with Gasteiger partial charge in [-0.25, -0.2) is 9.50 Å². The summed E-state index contributed by atoms with van der Waals surface area (Å²) in [5.41, 5.74) is 3.20. The Hall–Kier alpha value is -2.44. The zero-order chi connectivity index (χ0) is 18.6. The fourth-order valence-electron chi connectivity index (χ4n) is 3.81. The summed E-state index contributed by atoms with van der Waals surface area (Å²) in [5, 5.41) is 7.68. The number of hydrogen-bond donors (Lipinski definition) is 1. The number of piperidine rings is 1. The predicted molar refractivity (Wildman–Crippen MR) is 113 cm³/mol. The molecule has 4 rings (SSSR count). The second kappa shape index (κ2) is 9.17. The van der Waals surface area contributed by atoms with Gasteiger partial charge in [-0.3, -0.25) is 4.79 Å². The largest absolute Gasteiger partial charge is 0.338 e. The number of rotatable bonds is 5. The maximum absolute atomic E-state index is 13.1. The highest BCUT2D eigenvalue weighted by Crippen LogP contribution is 2.24. The molecule has 2 aromatic heterocycles. The van der Waals surface area contributed by atoms with Crippen molar-refractivity contribution in [1.82, 2.24) is 24.8 Å². The molecule has 0 radical (unpaired) electrons. The first kappa shape index (κ1) is 20.3. The van der Waals surface area contributed by atoms with Crippen molar-refractivity contribution >= 4 is 24.0 Å². The van der Waals surface area contributed by atoms with E-state index in [2.05, 4.69) is 15.4 Å². The summed E-state index contributed by atoms with van der Waals surface area (Å²) in [6, 6.07) is 12.0. The lowest BCUT2D eigenvalue weighted by Crippen LogP contribution is -2.39. The smallest absolute Gasteiger partial charge is 0.259 e. The Balaban J connectivity index is 0.00000225. The molecule has 6 nitrogen and oxygen atoms in total. The summed E-state index contributed by atoms with van der Waals surface area (Å²) >= 11 is 0. The van der Waals surface area contributed by atoms with Crippen LogP contribution in [0.4, 0.5) is 0 Å². The lowest BCUT2D eigenvalue weighted by Gasteiger charge is -2.31. The lowest BCUT2D eigenvalue weighted by atomic mass is 9.93. The van der Waals surface area contributed by atoms with E-state index in [0.29, 0.717) is 17.1 Å². The average molecular weight is 400 g/mol. The molecule has 1 saturated heterocycles. The van der Waals surface area contributed by atoms with E-state index in [1.165, 1.54) is 6.42 Å². The average Bonchev–Trinajstić information content (AvgIpc) is 3.17. The molecule has 1 amide bonds. The number of amides is 1. The van der Waals surface area contributed by atoms with Crippen LogP contribution in [0.5, 0.6) is 0 Å². The second-order valence-electron chi connectivity index (χ2n) is 7.12. The molecule has 0 aliphatic carbocycles. The minimum atomic E-state index is 0. The molecule has 0 saturated carbocycles. The summed E-state index contributed by atoms with van der Waals surface area (Å²) in [5.74, 6) is 0.739. The fraction of sp³-hybridized carbons (Fsp3) is 0.381. The van der Waals surface area contributed by atoms with E-state index in [-0.39, 0.29) is 18.3 Å². The number of carbonyl (C=O) groups is 1. The highest BCUT2D eigenvalue weighted by atomic mass is 35.5. The number of fused-ring (bicyclic) bond motifs is 1. The van der Waals surface area contributed by atoms with Gasteiger partial charge in [-0.05, 0) is 44.8 Å². The van der Waals surface area contributed by atoms with Crippen LogP contribution in [0.1, 0.15) is 29.6 Å². The van der Waals surface area contributed by atoms with Crippen LogP contribution in [0, 0.1) is 5.92 Å². The van der Waals surface area contributed by atoms with Crippen molar-refractivity contribution in [3.05, 3.63) is 54.4 Å². The number of likely N-dealkylation sites (tertiary alicyclic amines) is 1. The van der Waals surface area contributed by atoms with Crippen LogP contribution in [-0.4, -0.2) is 52.1 Å². The molecule has 3 heterocycles. The van der Waals surface area contributed by atoms with Gasteiger partial charge in [0, 0.05) is 24.8 Å². The van der Waals surface area contributed by atoms with Crippen molar-refractivity contribution in [3.8, 4) is 11.3 Å². The zero-order valence-electron chi connectivity index (χ0n) is 16.0. The Morgan fingerprint density at radius 2 is 1.93 bits per heavy atom. The number of carbonyl (C=O) groups excluding carboxylic acids is 1. The van der Waals surface area contributed by atoms with Gasteiger partial charge < -0.3 is 10.2 Å². The van der Waals surface area contributed by atoms with E-state index in [4.69, 9.17) is 0 Å². The summed E-state index contributed by atoms with van der Waals surface area (Å²) in [7, 11) is 1.99. The minimum Gasteiger partial charge on any atom is -0.338 e. The third kappa shape index (κ3) is 4.03. The van der Waals surface area contributed by atoms with Crippen molar-refractivity contribution in [3.63, 3.8) is 0 Å². The van der Waals surface area contributed by atoms with E-state index >= 15 is 0 Å². The Morgan fingerprint density at radius 3 is 2.64 bits per heavy atom. The van der Waals surface area contributed by atoms with Crippen molar-refractivity contribution in [1.29, 1.82) is 0 Å². The van der Waals surface area contributed by atoms with Gasteiger partial charge in [0.15, 0.2) is 5.65 Å². The molecule has 28 heavy (non-hydrogen) atoms. The first-order valence-corrected chi connectivity index (χ1v) is 9.60. The van der Waals surface area contributed by atoms with Crippen LogP contribution in [0.3, 0.4) is 0 Å². The molecular formula is C21H26ClN5O. The van der Waals surface area contributed by atoms with Gasteiger partial charge in [0.05, 0.1) is 11.9 Å². The van der Waals surface area contributed by atoms with Crippen LogP contribution in [0.2, 0.25) is 0 Å². The van der Waals surface area contributed by atoms with Crippen molar-refractivity contribution < 1.29 is 4.79 Å². The van der Waals surface area contributed by atoms with Crippen LogP contribution in [0.15, 0.2) is 48.8 Å². The number of nitrogens with zero attached hydrogens (tertiary/aromatic N) is 4. The zero-order valence-corrected chi connectivity index (χ0v) is 16.9. The van der Waals surface area contributed by atoms with Crippen LogP contribution < -0.4 is 5.32 Å². The summed E-state index contributed by atoms with van der Waals surface area (Å²) < 4.78 is 1.77. The van der Waals surface area contributed by atoms with Gasteiger partial charge in [0.25, 0.3) is 5.91 Å². The van der Waals surface area contributed by atoms with E-state index < -0.39 is 0 Å². The molecule has 3 aromatic rings. The molecule has 0 unspecified atom stereocenters. The summed E-state index contributed by atoms with van der Waals surface area (Å²) in [4.78, 5) is 19.5. The third-order valence-corrected chi connectivity index (χ3v) is 5.41. The Morgan fingerprint density at radius 1 is 1.18 bits per heavy atom. The molecule has 1 aromatic carbocycles. The SMILES string of the molecule is CNCCC1CCN(C(=O)c2cnn3c(-c4ccccc4)ccnc23)CC1.Cl. The Kier molecular flexibility index (Phi) is 6.65. The van der Waals surface area contributed by atoms with Crippen LogP contribution >= 0.6 is 12.4 Å². The second-order valence-corrected chi connectivity index (χ2v) is 7.12. The van der Waals surface area contributed by atoms with Gasteiger partial charge >= 0.3 is 0 Å². The first-order chi connectivity index (χ1) is 13.3. The Bertz CT molecular complexity index is 919. The number of halogens is 1. The number of nitrogens with one attached hydrogen (secondary N) is 1. The minimum absolute atomic E-state index is 0. The first-order valence-electron chi connectivity index (χ1n) is 9.60. The molecule has 7 heteroatoms. The van der Waals surface area contributed by atoms with E-state index in [9.17, 15) is 4.79 Å². The molecule has 0 bridgehead atoms. The summed E-state index contributed by atoms with van der Waals surface area (Å²) in [6.45, 7) is 2.66. The molecule has 148 valence electrons. The van der Waals surface area contributed by atoms with Crippen molar-refractivity contribution in [2.45, 2.75) is 19.3 Å². The van der Waals surface area contributed by atoms with E-state index in [0.717, 1.165) is 43.7 Å². The predicted octanol–water partition coefficient (Wildman–Crippen LogP) is 3.28. The standard InChI is InChI=1S/C21H25N5O.ClH/c1-22-11-7-16-9-13-25(14-10-16)21(27)18-15-24-26-19(8-12-23-20(18)26)17-5-3-2-4-6-17;/h2-6,8,12,15-16,22H,7,9-11,13-14H2,1H3;1H. The fourth-order valence-corrected chi connectivity index (χ4v) is 3.81. The van der Waals surface area contributed by atoms with Gasteiger partial charge in [-0.2, -0.15) is 5.10 Å². The maximum atomic E-state index is 13.1. The molecule has 0 spiro atoms. The monoisotopic (exact) mass is 399 g/mol. The molecule has 1 aliphatic rings. The van der Waals surface area contributed by atoms with Crippen molar-refractivity contribution in [2.75, 3.05) is 26.7 Å². The van der Waals surface area contributed by atoms with Crippen LogP contribution in [-0.2, 0) is 0 Å². The summed E-state index contributed by atoms with van der Waals surface area (Å²) in [6.07, 6.45) is 6.71. The van der Waals surface area contributed by atoms with Crippen LogP contribution in [0.25, 0.3) is 16.9 Å². The quantitative estimate of drug-likeness (QED) is 0.715. The molecule has 1 aliphatic heterocycles. The normalized spacial score (nSPS) is 14.8. The molecular weight excluding hydrogens is 374 g/mol. The lowest BCUT2D eigenvalue weighted by molar-refractivity contribution is 0.0689. The molecule has 0 atom stereocenters. The highest BCUT2D eigenvalue weighted by molar-refractivity contribution is 6.00. The number of hydrogen-bond acceptors (Lipinski definition) is 4. The van der Waals surface area contributed by atoms with Gasteiger partial charge in [0.1, 0.15) is 5.56 Å². The van der Waals surface area contributed by atoms with Gasteiger partial charge in [-0.15, -0.1) is 12.4 Å². The van der Waals surface area contributed by atoms with Gasteiger partial charge in [-0.1, -0.05) is 30.3 Å². The molecule has 1 N–H and O–H groups in total.